The van der Waals surface area contributed by atoms with E-state index < -0.39 is 0 Å². The van der Waals surface area contributed by atoms with Gasteiger partial charge in [-0.2, -0.15) is 0 Å². The van der Waals surface area contributed by atoms with Crippen molar-refractivity contribution in [2.45, 2.75) is 6.92 Å². The summed E-state index contributed by atoms with van der Waals surface area (Å²) in [5.41, 5.74) is 1.40. The molecule has 1 aliphatic heterocycles. The second kappa shape index (κ2) is 7.79. The van der Waals surface area contributed by atoms with Crippen molar-refractivity contribution < 1.29 is 9.53 Å². The van der Waals surface area contributed by atoms with Crippen molar-refractivity contribution in [1.29, 1.82) is 0 Å². The van der Waals surface area contributed by atoms with Crippen LogP contribution in [-0.4, -0.2) is 16.8 Å². The topological polar surface area (TPSA) is 29.5 Å². The van der Waals surface area contributed by atoms with Crippen molar-refractivity contribution in [3.05, 3.63) is 63.0 Å². The Hall–Kier alpha value is -1.53. The first-order chi connectivity index (χ1) is 12.0. The molecule has 0 saturated carbocycles. The van der Waals surface area contributed by atoms with Gasteiger partial charge in [0.15, 0.2) is 4.32 Å². The van der Waals surface area contributed by atoms with Crippen LogP contribution in [0.4, 0.5) is 5.69 Å². The predicted molar refractivity (Wildman–Crippen MR) is 110 cm³/mol. The van der Waals surface area contributed by atoms with E-state index in [-0.39, 0.29) is 5.91 Å². The average molecular weight is 410 g/mol. The molecule has 128 valence electrons. The fourth-order valence-electron chi connectivity index (χ4n) is 2.35. The van der Waals surface area contributed by atoms with Crippen LogP contribution in [0.1, 0.15) is 12.5 Å². The smallest absolute Gasteiger partial charge is 0.270 e. The lowest BCUT2D eigenvalue weighted by atomic mass is 10.2. The van der Waals surface area contributed by atoms with Crippen molar-refractivity contribution in [2.24, 2.45) is 0 Å². The van der Waals surface area contributed by atoms with Gasteiger partial charge < -0.3 is 4.74 Å². The molecule has 0 bridgehead atoms. The summed E-state index contributed by atoms with van der Waals surface area (Å²) in [6.07, 6.45) is 1.80. The first-order valence-electron chi connectivity index (χ1n) is 7.45. The van der Waals surface area contributed by atoms with Crippen LogP contribution in [0.15, 0.2) is 47.4 Å². The number of halogens is 2. The van der Waals surface area contributed by atoms with E-state index in [4.69, 9.17) is 40.2 Å². The zero-order chi connectivity index (χ0) is 18.0. The van der Waals surface area contributed by atoms with Crippen LogP contribution in [0, 0.1) is 0 Å². The van der Waals surface area contributed by atoms with Crippen LogP contribution >= 0.6 is 47.2 Å². The van der Waals surface area contributed by atoms with Gasteiger partial charge in [-0.3, -0.25) is 9.69 Å². The Labute approximate surface area is 165 Å². The Kier molecular flexibility index (Phi) is 5.69. The number of hydrogen-bond acceptors (Lipinski definition) is 4. The highest BCUT2D eigenvalue weighted by molar-refractivity contribution is 8.27. The summed E-state index contributed by atoms with van der Waals surface area (Å²) in [7, 11) is 0. The summed E-state index contributed by atoms with van der Waals surface area (Å²) in [5, 5.41) is 0.880. The van der Waals surface area contributed by atoms with Gasteiger partial charge in [-0.05, 0) is 48.9 Å². The maximum Gasteiger partial charge on any atom is 0.270 e. The molecule has 2 aromatic rings. The number of thiocarbonyl (C=S) groups is 1. The molecule has 3 rings (SSSR count). The lowest BCUT2D eigenvalue weighted by Gasteiger charge is -2.16. The monoisotopic (exact) mass is 409 g/mol. The van der Waals surface area contributed by atoms with E-state index in [0.717, 1.165) is 11.3 Å². The number of ether oxygens (including phenoxy) is 1. The van der Waals surface area contributed by atoms with Crippen LogP contribution in [0.25, 0.3) is 6.08 Å². The molecule has 7 heteroatoms. The minimum Gasteiger partial charge on any atom is -0.494 e. The maximum absolute atomic E-state index is 12.8. The molecule has 0 aromatic heterocycles. The Morgan fingerprint density at radius 3 is 2.76 bits per heavy atom. The number of hydrogen-bond donors (Lipinski definition) is 0. The average Bonchev–Trinajstić information content (AvgIpc) is 2.83. The Balaban J connectivity index is 1.92. The Bertz CT molecular complexity index is 883. The van der Waals surface area contributed by atoms with Gasteiger partial charge in [0, 0.05) is 5.02 Å². The number of carbonyl (C=O) groups is 1. The quantitative estimate of drug-likeness (QED) is 0.471. The third kappa shape index (κ3) is 4.01. The van der Waals surface area contributed by atoms with Crippen molar-refractivity contribution >= 4 is 69.2 Å². The minimum absolute atomic E-state index is 0.207. The molecule has 0 N–H and O–H groups in total. The van der Waals surface area contributed by atoms with Gasteiger partial charge in [-0.1, -0.05) is 59.3 Å². The molecule has 0 radical (unpaired) electrons. The van der Waals surface area contributed by atoms with E-state index in [0.29, 0.717) is 31.6 Å². The molecule has 1 saturated heterocycles. The van der Waals surface area contributed by atoms with Crippen LogP contribution < -0.4 is 9.64 Å². The molecule has 1 amide bonds. The molecule has 1 heterocycles. The number of thioether (sulfide) groups is 1. The van der Waals surface area contributed by atoms with Crippen molar-refractivity contribution in [1.82, 2.24) is 0 Å². The SMILES string of the molecule is CCOc1cccc(/C=C2/SC(=S)N(c3ccc(Cl)cc3Cl)C2=O)c1. The third-order valence-electron chi connectivity index (χ3n) is 3.41. The number of nitrogens with zero attached hydrogens (tertiary/aromatic N) is 1. The predicted octanol–water partition coefficient (Wildman–Crippen LogP) is 5.80. The molecule has 1 fully saturated rings. The van der Waals surface area contributed by atoms with Gasteiger partial charge in [-0.25, -0.2) is 0 Å². The summed E-state index contributed by atoms with van der Waals surface area (Å²) < 4.78 is 5.92. The Morgan fingerprint density at radius 1 is 1.24 bits per heavy atom. The van der Waals surface area contributed by atoms with Gasteiger partial charge in [0.1, 0.15) is 5.75 Å². The third-order valence-corrected chi connectivity index (χ3v) is 5.25. The number of benzene rings is 2. The van der Waals surface area contributed by atoms with Gasteiger partial charge in [-0.15, -0.1) is 0 Å². The number of anilines is 1. The standard InChI is InChI=1S/C18H13Cl2NO2S2/c1-2-23-13-5-3-4-11(8-13)9-16-17(22)21(18(24)25-16)15-7-6-12(19)10-14(15)20/h3-10H,2H2,1H3/b16-9+. The molecule has 1 aliphatic rings. The van der Waals surface area contributed by atoms with Gasteiger partial charge in [0.25, 0.3) is 5.91 Å². The highest BCUT2D eigenvalue weighted by atomic mass is 35.5. The minimum atomic E-state index is -0.207. The summed E-state index contributed by atoms with van der Waals surface area (Å²) in [6.45, 7) is 2.51. The van der Waals surface area contributed by atoms with Gasteiger partial charge in [0.2, 0.25) is 0 Å². The largest absolute Gasteiger partial charge is 0.494 e. The molecule has 2 aromatic carbocycles. The molecule has 3 nitrogen and oxygen atoms in total. The van der Waals surface area contributed by atoms with E-state index in [9.17, 15) is 4.79 Å². The maximum atomic E-state index is 12.8. The molecule has 0 atom stereocenters. The number of rotatable bonds is 4. The zero-order valence-corrected chi connectivity index (χ0v) is 16.3. The molecule has 25 heavy (non-hydrogen) atoms. The van der Waals surface area contributed by atoms with E-state index in [2.05, 4.69) is 0 Å². The highest BCUT2D eigenvalue weighted by Crippen LogP contribution is 2.39. The molecule has 0 spiro atoms. The number of carbonyl (C=O) groups excluding carboxylic acids is 1. The van der Waals surface area contributed by atoms with Gasteiger partial charge in [0.05, 0.1) is 22.2 Å². The fourth-order valence-corrected chi connectivity index (χ4v) is 4.13. The molecular formula is C18H13Cl2NO2S2. The highest BCUT2D eigenvalue weighted by Gasteiger charge is 2.34. The van der Waals surface area contributed by atoms with E-state index in [1.165, 1.54) is 16.7 Å². The molecule has 0 unspecified atom stereocenters. The lowest BCUT2D eigenvalue weighted by Crippen LogP contribution is -2.27. The van der Waals surface area contributed by atoms with Crippen molar-refractivity contribution in [3.8, 4) is 5.75 Å². The summed E-state index contributed by atoms with van der Waals surface area (Å²) in [6, 6.07) is 12.5. The van der Waals surface area contributed by atoms with Crippen molar-refractivity contribution in [3.63, 3.8) is 0 Å². The van der Waals surface area contributed by atoms with E-state index in [1.54, 1.807) is 24.3 Å². The fraction of sp³-hybridized carbons (Fsp3) is 0.111. The summed E-state index contributed by atoms with van der Waals surface area (Å²) in [4.78, 5) is 14.8. The summed E-state index contributed by atoms with van der Waals surface area (Å²) >= 11 is 18.7. The lowest BCUT2D eigenvalue weighted by molar-refractivity contribution is -0.113. The first-order valence-corrected chi connectivity index (χ1v) is 9.43. The van der Waals surface area contributed by atoms with Crippen LogP contribution in [0.5, 0.6) is 5.75 Å². The normalized spacial score (nSPS) is 16.0. The second-order valence-electron chi connectivity index (χ2n) is 5.12. The van der Waals surface area contributed by atoms with Crippen molar-refractivity contribution in [2.75, 3.05) is 11.5 Å². The van der Waals surface area contributed by atoms with Crippen LogP contribution in [-0.2, 0) is 4.79 Å². The van der Waals surface area contributed by atoms with Crippen LogP contribution in [0.3, 0.4) is 0 Å². The summed E-state index contributed by atoms with van der Waals surface area (Å²) in [5.74, 6) is 0.550. The molecular weight excluding hydrogens is 397 g/mol. The van der Waals surface area contributed by atoms with Crippen LogP contribution in [0.2, 0.25) is 10.0 Å². The van der Waals surface area contributed by atoms with Gasteiger partial charge >= 0.3 is 0 Å². The first kappa shape index (κ1) is 18.3. The Morgan fingerprint density at radius 2 is 2.04 bits per heavy atom. The zero-order valence-electron chi connectivity index (χ0n) is 13.2. The molecule has 0 aliphatic carbocycles. The second-order valence-corrected chi connectivity index (χ2v) is 7.64. The number of amides is 1. The van der Waals surface area contributed by atoms with E-state index >= 15 is 0 Å². The van der Waals surface area contributed by atoms with E-state index in [1.807, 2.05) is 31.2 Å².